The van der Waals surface area contributed by atoms with E-state index in [2.05, 4.69) is 5.32 Å². The molecule has 1 amide bonds. The lowest BCUT2D eigenvalue weighted by molar-refractivity contribution is -0.138. The monoisotopic (exact) mass is 278 g/mol. The summed E-state index contributed by atoms with van der Waals surface area (Å²) in [6.07, 6.45) is 1.50. The molecule has 18 heavy (non-hydrogen) atoms. The summed E-state index contributed by atoms with van der Waals surface area (Å²) < 4.78 is -0.112. The quantitative estimate of drug-likeness (QED) is 0.464. The predicted molar refractivity (Wildman–Crippen MR) is 71.5 cm³/mol. The molecule has 0 aliphatic rings. The van der Waals surface area contributed by atoms with Crippen molar-refractivity contribution in [2.45, 2.75) is 37.5 Å². The zero-order valence-corrected chi connectivity index (χ0v) is 11.6. The maximum atomic E-state index is 11.4. The molecule has 0 aliphatic heterocycles. The second-order valence-electron chi connectivity index (χ2n) is 4.31. The summed E-state index contributed by atoms with van der Waals surface area (Å²) in [5.41, 5.74) is 5.67. The number of aliphatic carboxylic acids is 1. The van der Waals surface area contributed by atoms with Crippen LogP contribution in [0.1, 0.15) is 26.7 Å². The third-order valence-corrected chi connectivity index (χ3v) is 4.47. The molecule has 106 valence electrons. The molecule has 0 saturated carbocycles. The van der Waals surface area contributed by atoms with Crippen molar-refractivity contribution in [2.75, 3.05) is 18.9 Å². The van der Waals surface area contributed by atoms with E-state index in [1.54, 1.807) is 0 Å². The molecule has 0 aromatic rings. The Kier molecular flexibility index (Phi) is 7.97. The number of hydrogen-bond donors (Lipinski definition) is 4. The summed E-state index contributed by atoms with van der Waals surface area (Å²) in [6.45, 7) is 3.70. The van der Waals surface area contributed by atoms with Crippen LogP contribution in [0.5, 0.6) is 0 Å². The number of carbonyl (C=O) groups is 2. The van der Waals surface area contributed by atoms with E-state index in [1.807, 2.05) is 13.8 Å². The Balaban J connectivity index is 4.10. The molecule has 0 saturated heterocycles. The summed E-state index contributed by atoms with van der Waals surface area (Å²) in [5, 5.41) is 19.6. The fourth-order valence-electron chi connectivity index (χ4n) is 1.25. The summed E-state index contributed by atoms with van der Waals surface area (Å²) >= 11 is 1.53. The molecule has 1 unspecified atom stereocenters. The summed E-state index contributed by atoms with van der Waals surface area (Å²) in [4.78, 5) is 21.7. The number of nitrogens with one attached hydrogen (secondary N) is 1. The molecule has 0 fully saturated rings. The van der Waals surface area contributed by atoms with Crippen LogP contribution in [0.4, 0.5) is 0 Å². The van der Waals surface area contributed by atoms with Crippen LogP contribution in [0.2, 0.25) is 0 Å². The maximum absolute atomic E-state index is 11.4. The maximum Gasteiger partial charge on any atom is 0.322 e. The van der Waals surface area contributed by atoms with E-state index in [0.29, 0.717) is 12.2 Å². The normalized spacial score (nSPS) is 15.8. The lowest BCUT2D eigenvalue weighted by Crippen LogP contribution is -2.44. The minimum absolute atomic E-state index is 0.0950. The van der Waals surface area contributed by atoms with Crippen LogP contribution in [0, 0.1) is 0 Å². The van der Waals surface area contributed by atoms with Crippen molar-refractivity contribution in [1.82, 2.24) is 5.32 Å². The Bertz CT molecular complexity index is 288. The Hall–Kier alpha value is -0.790. The minimum Gasteiger partial charge on any atom is -0.480 e. The number of carboxylic acid groups (broad SMARTS) is 1. The van der Waals surface area contributed by atoms with Gasteiger partial charge in [-0.25, -0.2) is 0 Å². The topological polar surface area (TPSA) is 113 Å². The van der Waals surface area contributed by atoms with E-state index in [4.69, 9.17) is 15.9 Å². The number of carboxylic acids is 1. The van der Waals surface area contributed by atoms with Gasteiger partial charge in [-0.05, 0) is 12.8 Å². The first-order chi connectivity index (χ1) is 8.34. The fourth-order valence-corrected chi connectivity index (χ4v) is 2.42. The number of aliphatic hydroxyl groups is 1. The van der Waals surface area contributed by atoms with Crippen molar-refractivity contribution >= 4 is 23.6 Å². The van der Waals surface area contributed by atoms with E-state index in [1.165, 1.54) is 11.8 Å². The van der Waals surface area contributed by atoms with Gasteiger partial charge in [0.15, 0.2) is 0 Å². The van der Waals surface area contributed by atoms with Crippen LogP contribution in [0.25, 0.3) is 0 Å². The first-order valence-corrected chi connectivity index (χ1v) is 6.83. The van der Waals surface area contributed by atoms with E-state index in [9.17, 15) is 9.59 Å². The first kappa shape index (κ1) is 17.2. The van der Waals surface area contributed by atoms with Gasteiger partial charge in [0.1, 0.15) is 6.54 Å². The van der Waals surface area contributed by atoms with E-state index >= 15 is 0 Å². The number of amides is 1. The smallest absolute Gasteiger partial charge is 0.322 e. The first-order valence-electron chi connectivity index (χ1n) is 5.84. The van der Waals surface area contributed by atoms with Gasteiger partial charge in [0.2, 0.25) is 5.91 Å². The molecule has 6 nitrogen and oxygen atoms in total. The van der Waals surface area contributed by atoms with Crippen molar-refractivity contribution < 1.29 is 19.8 Å². The Morgan fingerprint density at radius 2 is 2.11 bits per heavy atom. The standard InChI is InChI=1S/C11H22N2O4S/c1-3-11(2,4-5-14)18-7-8(12)10(17)13-6-9(15)16/h8,14H,3-7,12H2,1-2H3,(H,13,17)(H,15,16)/t8-,11?/m0/s1. The van der Waals surface area contributed by atoms with Crippen LogP contribution < -0.4 is 11.1 Å². The van der Waals surface area contributed by atoms with Gasteiger partial charge in [-0.15, -0.1) is 0 Å². The lowest BCUT2D eigenvalue weighted by atomic mass is 10.1. The number of rotatable bonds is 9. The Morgan fingerprint density at radius 3 is 2.56 bits per heavy atom. The van der Waals surface area contributed by atoms with Crippen molar-refractivity contribution in [3.8, 4) is 0 Å². The molecule has 2 atom stereocenters. The summed E-state index contributed by atoms with van der Waals surface area (Å²) in [6, 6.07) is -0.737. The van der Waals surface area contributed by atoms with Crippen LogP contribution in [-0.4, -0.2) is 51.8 Å². The molecular formula is C11H22N2O4S. The van der Waals surface area contributed by atoms with Gasteiger partial charge >= 0.3 is 5.97 Å². The third kappa shape index (κ3) is 6.83. The second-order valence-corrected chi connectivity index (χ2v) is 5.91. The highest BCUT2D eigenvalue weighted by molar-refractivity contribution is 8.00. The van der Waals surface area contributed by atoms with Gasteiger partial charge in [-0.3, -0.25) is 9.59 Å². The molecule has 0 radical (unpaired) electrons. The van der Waals surface area contributed by atoms with Crippen LogP contribution in [0.15, 0.2) is 0 Å². The lowest BCUT2D eigenvalue weighted by Gasteiger charge is -2.27. The molecule has 7 heteroatoms. The van der Waals surface area contributed by atoms with E-state index in [0.717, 1.165) is 6.42 Å². The average molecular weight is 278 g/mol. The van der Waals surface area contributed by atoms with Gasteiger partial charge < -0.3 is 21.3 Å². The van der Waals surface area contributed by atoms with Crippen LogP contribution >= 0.6 is 11.8 Å². The van der Waals surface area contributed by atoms with E-state index in [-0.39, 0.29) is 11.4 Å². The van der Waals surface area contributed by atoms with Crippen molar-refractivity contribution in [3.63, 3.8) is 0 Å². The second kappa shape index (κ2) is 8.34. The molecule has 0 bridgehead atoms. The van der Waals surface area contributed by atoms with Gasteiger partial charge in [0.05, 0.1) is 6.04 Å². The summed E-state index contributed by atoms with van der Waals surface area (Å²) in [7, 11) is 0. The average Bonchev–Trinajstić information content (AvgIpc) is 2.33. The van der Waals surface area contributed by atoms with Crippen molar-refractivity contribution in [2.24, 2.45) is 5.73 Å². The molecule has 0 aromatic heterocycles. The van der Waals surface area contributed by atoms with Gasteiger partial charge in [0.25, 0.3) is 0 Å². The largest absolute Gasteiger partial charge is 0.480 e. The Labute approximate surface area is 111 Å². The fraction of sp³-hybridized carbons (Fsp3) is 0.818. The van der Waals surface area contributed by atoms with Gasteiger partial charge in [-0.1, -0.05) is 13.8 Å². The minimum atomic E-state index is -1.10. The third-order valence-electron chi connectivity index (χ3n) is 2.75. The molecule has 0 rings (SSSR count). The van der Waals surface area contributed by atoms with E-state index < -0.39 is 24.5 Å². The molecular weight excluding hydrogens is 256 g/mol. The molecule has 0 aliphatic carbocycles. The number of aliphatic hydroxyl groups excluding tert-OH is 1. The molecule has 5 N–H and O–H groups in total. The molecule has 0 heterocycles. The van der Waals surface area contributed by atoms with Crippen LogP contribution in [0.3, 0.4) is 0 Å². The Morgan fingerprint density at radius 1 is 1.50 bits per heavy atom. The SMILES string of the molecule is CCC(C)(CCO)SC[C@H](N)C(=O)NCC(=O)O. The van der Waals surface area contributed by atoms with Gasteiger partial charge in [-0.2, -0.15) is 11.8 Å². The number of thioether (sulfide) groups is 1. The number of carbonyl (C=O) groups excluding carboxylic acids is 1. The highest BCUT2D eigenvalue weighted by atomic mass is 32.2. The van der Waals surface area contributed by atoms with Crippen LogP contribution in [-0.2, 0) is 9.59 Å². The zero-order chi connectivity index (χ0) is 14.2. The summed E-state index contributed by atoms with van der Waals surface area (Å²) in [5.74, 6) is -1.16. The highest BCUT2D eigenvalue weighted by Crippen LogP contribution is 2.31. The van der Waals surface area contributed by atoms with Crippen molar-refractivity contribution in [1.29, 1.82) is 0 Å². The number of hydrogen-bond acceptors (Lipinski definition) is 5. The van der Waals surface area contributed by atoms with Crippen molar-refractivity contribution in [3.05, 3.63) is 0 Å². The number of nitrogens with two attached hydrogens (primary N) is 1. The zero-order valence-electron chi connectivity index (χ0n) is 10.8. The predicted octanol–water partition coefficient (Wildman–Crippen LogP) is -0.201. The molecule has 0 aromatic carbocycles. The highest BCUT2D eigenvalue weighted by Gasteiger charge is 2.24. The molecule has 0 spiro atoms. The van der Waals surface area contributed by atoms with Gasteiger partial charge in [0, 0.05) is 17.1 Å².